The maximum absolute atomic E-state index is 5.87. The third-order valence-electron chi connectivity index (χ3n) is 3.31. The summed E-state index contributed by atoms with van der Waals surface area (Å²) in [5.74, 6) is 2.23. The minimum atomic E-state index is 0.537. The van der Waals surface area contributed by atoms with Crippen LogP contribution in [-0.2, 0) is 13.0 Å². The van der Waals surface area contributed by atoms with Crippen LogP contribution in [0.25, 0.3) is 0 Å². The molecule has 0 unspecified atom stereocenters. The summed E-state index contributed by atoms with van der Waals surface area (Å²) in [5, 5.41) is 0. The molecule has 0 aliphatic rings. The molecule has 0 atom stereocenters. The lowest BCUT2D eigenvalue weighted by Crippen LogP contribution is -2.19. The first-order chi connectivity index (χ1) is 9.60. The van der Waals surface area contributed by atoms with Crippen LogP contribution in [0.15, 0.2) is 30.3 Å². The number of hydrogen-bond donors (Lipinski definition) is 1. The van der Waals surface area contributed by atoms with Crippen LogP contribution >= 0.6 is 0 Å². The lowest BCUT2D eigenvalue weighted by atomic mass is 10.1. The first-order valence-electron chi connectivity index (χ1n) is 6.99. The molecule has 0 aliphatic carbocycles. The van der Waals surface area contributed by atoms with Crippen LogP contribution in [0.5, 0.6) is 0 Å². The summed E-state index contributed by atoms with van der Waals surface area (Å²) >= 11 is 0. The van der Waals surface area contributed by atoms with Crippen LogP contribution < -0.4 is 10.6 Å². The maximum Gasteiger partial charge on any atom is 0.134 e. The quantitative estimate of drug-likeness (QED) is 0.907. The summed E-state index contributed by atoms with van der Waals surface area (Å²) in [6, 6.07) is 10.2. The molecule has 1 aromatic heterocycles. The number of anilines is 2. The third kappa shape index (κ3) is 3.47. The molecule has 0 saturated carbocycles. The maximum atomic E-state index is 5.87. The molecule has 0 aliphatic heterocycles. The van der Waals surface area contributed by atoms with Gasteiger partial charge in [-0.05, 0) is 24.5 Å². The molecular formula is C16H22N4. The molecule has 2 N–H and O–H groups in total. The van der Waals surface area contributed by atoms with E-state index in [1.807, 2.05) is 13.1 Å². The monoisotopic (exact) mass is 270 g/mol. The van der Waals surface area contributed by atoms with Gasteiger partial charge in [0.2, 0.25) is 0 Å². The van der Waals surface area contributed by atoms with Crippen LogP contribution in [0, 0.1) is 6.92 Å². The van der Waals surface area contributed by atoms with Crippen molar-refractivity contribution in [1.82, 2.24) is 9.97 Å². The van der Waals surface area contributed by atoms with Crippen molar-refractivity contribution in [3.8, 4) is 0 Å². The third-order valence-corrected chi connectivity index (χ3v) is 3.31. The zero-order valence-corrected chi connectivity index (χ0v) is 12.4. The van der Waals surface area contributed by atoms with E-state index in [1.54, 1.807) is 0 Å². The fraction of sp³-hybridized carbons (Fsp3) is 0.375. The highest BCUT2D eigenvalue weighted by Gasteiger charge is 2.08. The average molecular weight is 270 g/mol. The van der Waals surface area contributed by atoms with Gasteiger partial charge in [0.1, 0.15) is 17.5 Å². The standard InChI is InChI=1S/C16H22N4/c1-4-7-15-18-14(17)10-16(19-15)20(3)11-13-9-6-5-8-12(13)2/h5-6,8-10H,4,7,11H2,1-3H3,(H2,17,18,19). The van der Waals surface area contributed by atoms with Crippen molar-refractivity contribution < 1.29 is 0 Å². The van der Waals surface area contributed by atoms with Crippen LogP contribution in [0.2, 0.25) is 0 Å². The lowest BCUT2D eigenvalue weighted by molar-refractivity contribution is 0.813. The molecule has 1 heterocycles. The van der Waals surface area contributed by atoms with Gasteiger partial charge in [-0.15, -0.1) is 0 Å². The Bertz CT molecular complexity index is 580. The minimum absolute atomic E-state index is 0.537. The first kappa shape index (κ1) is 14.3. The molecule has 106 valence electrons. The molecule has 4 nitrogen and oxygen atoms in total. The molecule has 2 aromatic rings. The van der Waals surface area contributed by atoms with Gasteiger partial charge < -0.3 is 10.6 Å². The second-order valence-electron chi connectivity index (χ2n) is 5.10. The molecule has 20 heavy (non-hydrogen) atoms. The predicted molar refractivity (Wildman–Crippen MR) is 83.7 cm³/mol. The fourth-order valence-corrected chi connectivity index (χ4v) is 2.16. The van der Waals surface area contributed by atoms with Crippen LogP contribution in [0.3, 0.4) is 0 Å². The second kappa shape index (κ2) is 6.37. The van der Waals surface area contributed by atoms with E-state index in [1.165, 1.54) is 11.1 Å². The van der Waals surface area contributed by atoms with Crippen molar-refractivity contribution in [2.75, 3.05) is 17.7 Å². The predicted octanol–water partition coefficient (Wildman–Crippen LogP) is 2.96. The molecule has 0 saturated heterocycles. The molecule has 0 radical (unpaired) electrons. The Labute approximate surface area is 120 Å². The van der Waals surface area contributed by atoms with E-state index >= 15 is 0 Å². The summed E-state index contributed by atoms with van der Waals surface area (Å²) in [5.41, 5.74) is 8.46. The molecular weight excluding hydrogens is 248 g/mol. The van der Waals surface area contributed by atoms with Gasteiger partial charge in [0.25, 0.3) is 0 Å². The summed E-state index contributed by atoms with van der Waals surface area (Å²) < 4.78 is 0. The highest BCUT2D eigenvalue weighted by Crippen LogP contribution is 2.17. The van der Waals surface area contributed by atoms with E-state index in [9.17, 15) is 0 Å². The van der Waals surface area contributed by atoms with Gasteiger partial charge in [-0.3, -0.25) is 0 Å². The Morgan fingerprint density at radius 1 is 1.20 bits per heavy atom. The number of benzene rings is 1. The minimum Gasteiger partial charge on any atom is -0.384 e. The number of nitrogens with two attached hydrogens (primary N) is 1. The Morgan fingerprint density at radius 2 is 1.95 bits per heavy atom. The van der Waals surface area contributed by atoms with E-state index < -0.39 is 0 Å². The zero-order valence-electron chi connectivity index (χ0n) is 12.4. The molecule has 2 rings (SSSR count). The van der Waals surface area contributed by atoms with Crippen molar-refractivity contribution in [1.29, 1.82) is 0 Å². The van der Waals surface area contributed by atoms with Gasteiger partial charge in [-0.2, -0.15) is 0 Å². The van der Waals surface area contributed by atoms with Crippen LogP contribution in [-0.4, -0.2) is 17.0 Å². The van der Waals surface area contributed by atoms with Gasteiger partial charge in [0, 0.05) is 26.1 Å². The Morgan fingerprint density at radius 3 is 2.65 bits per heavy atom. The SMILES string of the molecule is CCCc1nc(N)cc(N(C)Cc2ccccc2C)n1. The highest BCUT2D eigenvalue weighted by molar-refractivity contribution is 5.47. The molecule has 1 aromatic carbocycles. The molecule has 0 spiro atoms. The van der Waals surface area contributed by atoms with Gasteiger partial charge in [-0.1, -0.05) is 31.2 Å². The summed E-state index contributed by atoms with van der Waals surface area (Å²) in [6.45, 7) is 5.05. The lowest BCUT2D eigenvalue weighted by Gasteiger charge is -2.20. The Kier molecular flexibility index (Phi) is 4.56. The van der Waals surface area contributed by atoms with Crippen molar-refractivity contribution in [2.24, 2.45) is 0 Å². The number of nitrogens with zero attached hydrogens (tertiary/aromatic N) is 3. The normalized spacial score (nSPS) is 10.6. The van der Waals surface area contributed by atoms with E-state index in [4.69, 9.17) is 5.73 Å². The van der Waals surface area contributed by atoms with E-state index in [0.29, 0.717) is 5.82 Å². The number of nitrogen functional groups attached to an aromatic ring is 1. The topological polar surface area (TPSA) is 55.0 Å². The molecule has 0 bridgehead atoms. The van der Waals surface area contributed by atoms with Crippen molar-refractivity contribution in [3.63, 3.8) is 0 Å². The highest BCUT2D eigenvalue weighted by atomic mass is 15.2. The van der Waals surface area contributed by atoms with Crippen LogP contribution in [0.4, 0.5) is 11.6 Å². The number of hydrogen-bond acceptors (Lipinski definition) is 4. The largest absolute Gasteiger partial charge is 0.384 e. The summed E-state index contributed by atoms with van der Waals surface area (Å²) in [7, 11) is 2.03. The smallest absolute Gasteiger partial charge is 0.134 e. The van der Waals surface area contributed by atoms with Gasteiger partial charge in [0.15, 0.2) is 0 Å². The van der Waals surface area contributed by atoms with Gasteiger partial charge in [-0.25, -0.2) is 9.97 Å². The number of aromatic nitrogens is 2. The zero-order chi connectivity index (χ0) is 14.5. The van der Waals surface area contributed by atoms with Crippen molar-refractivity contribution >= 4 is 11.6 Å². The number of aryl methyl sites for hydroxylation is 2. The second-order valence-corrected chi connectivity index (χ2v) is 5.10. The van der Waals surface area contributed by atoms with Crippen molar-refractivity contribution in [2.45, 2.75) is 33.2 Å². The summed E-state index contributed by atoms with van der Waals surface area (Å²) in [4.78, 5) is 11.0. The van der Waals surface area contributed by atoms with Crippen molar-refractivity contribution in [3.05, 3.63) is 47.3 Å². The van der Waals surface area contributed by atoms with Crippen LogP contribution in [0.1, 0.15) is 30.3 Å². The molecule has 0 amide bonds. The van der Waals surface area contributed by atoms with Gasteiger partial charge >= 0.3 is 0 Å². The van der Waals surface area contributed by atoms with E-state index in [-0.39, 0.29) is 0 Å². The average Bonchev–Trinajstić information content (AvgIpc) is 2.41. The van der Waals surface area contributed by atoms with E-state index in [2.05, 4.69) is 53.0 Å². The van der Waals surface area contributed by atoms with Gasteiger partial charge in [0.05, 0.1) is 0 Å². The number of rotatable bonds is 5. The Balaban J connectivity index is 2.20. The molecule has 4 heteroatoms. The fourth-order valence-electron chi connectivity index (χ4n) is 2.16. The first-order valence-corrected chi connectivity index (χ1v) is 6.99. The van der Waals surface area contributed by atoms with E-state index in [0.717, 1.165) is 31.0 Å². The summed E-state index contributed by atoms with van der Waals surface area (Å²) in [6.07, 6.45) is 1.88. The molecule has 0 fully saturated rings. The Hall–Kier alpha value is -2.10.